The van der Waals surface area contributed by atoms with E-state index in [2.05, 4.69) is 15.3 Å². The van der Waals surface area contributed by atoms with Gasteiger partial charge in [0.15, 0.2) is 0 Å². The van der Waals surface area contributed by atoms with Gasteiger partial charge in [-0.2, -0.15) is 0 Å². The van der Waals surface area contributed by atoms with Crippen LogP contribution in [0.4, 0.5) is 5.82 Å². The molecule has 0 saturated carbocycles. The lowest BCUT2D eigenvalue weighted by Gasteiger charge is -2.19. The average Bonchev–Trinajstić information content (AvgIpc) is 2.97. The van der Waals surface area contributed by atoms with Crippen molar-refractivity contribution in [2.45, 2.75) is 26.2 Å². The average molecular weight is 346 g/mol. The Morgan fingerprint density at radius 2 is 2.21 bits per heavy atom. The molecule has 0 spiro atoms. The van der Waals surface area contributed by atoms with E-state index in [0.29, 0.717) is 31.9 Å². The maximum atomic E-state index is 12.5. The number of nitrogens with one attached hydrogen (secondary N) is 1. The number of aryl methyl sites for hydroxylation is 1. The molecule has 2 aromatic heterocycles. The van der Waals surface area contributed by atoms with Crippen LogP contribution in [0.1, 0.15) is 22.0 Å². The number of amides is 1. The van der Waals surface area contributed by atoms with Gasteiger partial charge in [-0.15, -0.1) is 11.3 Å². The molecule has 7 heteroatoms. The van der Waals surface area contributed by atoms with Crippen LogP contribution in [-0.4, -0.2) is 52.1 Å². The summed E-state index contributed by atoms with van der Waals surface area (Å²) in [4.78, 5) is 24.6. The molecule has 3 heterocycles. The minimum Gasteiger partial charge on any atom is -0.395 e. The highest BCUT2D eigenvalue weighted by Gasteiger charge is 2.22. The molecule has 6 nitrogen and oxygen atoms in total. The highest BCUT2D eigenvalue weighted by atomic mass is 32.1. The number of thiophene rings is 1. The van der Waals surface area contributed by atoms with Crippen molar-refractivity contribution in [3.8, 4) is 0 Å². The topological polar surface area (TPSA) is 78.4 Å². The van der Waals surface area contributed by atoms with Crippen LogP contribution in [0.25, 0.3) is 0 Å². The fourth-order valence-electron chi connectivity index (χ4n) is 2.97. The van der Waals surface area contributed by atoms with Crippen LogP contribution in [0, 0.1) is 6.92 Å². The molecule has 0 aliphatic carbocycles. The van der Waals surface area contributed by atoms with Crippen LogP contribution in [0.15, 0.2) is 17.5 Å². The maximum Gasteiger partial charge on any atom is 0.227 e. The van der Waals surface area contributed by atoms with Crippen LogP contribution in [0.2, 0.25) is 0 Å². The molecule has 1 amide bonds. The van der Waals surface area contributed by atoms with Crippen LogP contribution in [-0.2, 0) is 24.1 Å². The van der Waals surface area contributed by atoms with Crippen molar-refractivity contribution in [2.24, 2.45) is 0 Å². The molecule has 128 valence electrons. The Bertz CT molecular complexity index is 703. The third-order valence-corrected chi connectivity index (χ3v) is 4.99. The van der Waals surface area contributed by atoms with E-state index in [0.717, 1.165) is 34.8 Å². The molecule has 2 aromatic rings. The smallest absolute Gasteiger partial charge is 0.227 e. The zero-order valence-electron chi connectivity index (χ0n) is 13.8. The summed E-state index contributed by atoms with van der Waals surface area (Å²) in [7, 11) is 0. The summed E-state index contributed by atoms with van der Waals surface area (Å²) < 4.78 is 0. The van der Waals surface area contributed by atoms with E-state index in [1.54, 1.807) is 11.3 Å². The van der Waals surface area contributed by atoms with Crippen LogP contribution < -0.4 is 5.32 Å². The fourth-order valence-corrected chi connectivity index (χ4v) is 3.66. The van der Waals surface area contributed by atoms with E-state index < -0.39 is 0 Å². The molecule has 0 radical (unpaired) electrons. The number of hydrogen-bond donors (Lipinski definition) is 2. The van der Waals surface area contributed by atoms with Gasteiger partial charge in [-0.25, -0.2) is 9.97 Å². The third kappa shape index (κ3) is 3.91. The molecule has 24 heavy (non-hydrogen) atoms. The number of anilines is 1. The lowest BCUT2D eigenvalue weighted by atomic mass is 10.1. The summed E-state index contributed by atoms with van der Waals surface area (Å²) >= 11 is 1.62. The van der Waals surface area contributed by atoms with Crippen molar-refractivity contribution in [3.63, 3.8) is 0 Å². The van der Waals surface area contributed by atoms with Gasteiger partial charge in [-0.3, -0.25) is 4.79 Å². The lowest BCUT2D eigenvalue weighted by molar-refractivity contribution is -0.130. The zero-order chi connectivity index (χ0) is 16.9. The number of carbonyl (C=O) groups is 1. The summed E-state index contributed by atoms with van der Waals surface area (Å²) in [6.07, 6.45) is 1.94. The maximum absolute atomic E-state index is 12.5. The summed E-state index contributed by atoms with van der Waals surface area (Å²) in [6.45, 7) is 3.76. The van der Waals surface area contributed by atoms with Crippen molar-refractivity contribution in [2.75, 3.05) is 31.6 Å². The number of fused-ring (bicyclic) bond motifs is 1. The monoisotopic (exact) mass is 346 g/mol. The summed E-state index contributed by atoms with van der Waals surface area (Å²) in [5, 5.41) is 14.2. The minimum absolute atomic E-state index is 0.0588. The van der Waals surface area contributed by atoms with Gasteiger partial charge in [0.25, 0.3) is 0 Å². The first-order valence-corrected chi connectivity index (χ1v) is 9.06. The second-order valence-corrected chi connectivity index (χ2v) is 6.86. The van der Waals surface area contributed by atoms with Gasteiger partial charge in [-0.1, -0.05) is 6.07 Å². The molecule has 0 aromatic carbocycles. The zero-order valence-corrected chi connectivity index (χ0v) is 14.6. The van der Waals surface area contributed by atoms with E-state index in [1.165, 1.54) is 0 Å². The number of hydrogen-bond acceptors (Lipinski definition) is 6. The van der Waals surface area contributed by atoms with E-state index in [4.69, 9.17) is 5.11 Å². The number of carbonyl (C=O) groups excluding carboxylic acids is 1. The Labute approximate surface area is 145 Å². The lowest BCUT2D eigenvalue weighted by Crippen LogP contribution is -2.34. The summed E-state index contributed by atoms with van der Waals surface area (Å²) in [5.41, 5.74) is 2.08. The Morgan fingerprint density at radius 3 is 2.96 bits per heavy atom. The molecule has 0 bridgehead atoms. The third-order valence-electron chi connectivity index (χ3n) is 4.12. The number of aliphatic hydroxyl groups excluding tert-OH is 1. The molecular weight excluding hydrogens is 324 g/mol. The molecule has 2 N–H and O–H groups in total. The standard InChI is InChI=1S/C17H22N4O2S/c1-12-19-15-5-8-21(16(23)11-13-3-2-10-24-13)7-4-14(15)17(20-12)18-6-9-22/h2-3,10,22H,4-9,11H2,1H3,(H,18,19,20). The van der Waals surface area contributed by atoms with Gasteiger partial charge in [0.1, 0.15) is 11.6 Å². The molecule has 0 unspecified atom stereocenters. The number of rotatable bonds is 5. The molecule has 0 saturated heterocycles. The van der Waals surface area contributed by atoms with Crippen molar-refractivity contribution in [1.82, 2.24) is 14.9 Å². The Hall–Kier alpha value is -1.99. The Kier molecular flexibility index (Phi) is 5.42. The Balaban J connectivity index is 1.73. The number of aliphatic hydroxyl groups is 1. The van der Waals surface area contributed by atoms with Gasteiger partial charge >= 0.3 is 0 Å². The molecule has 3 rings (SSSR count). The molecule has 1 aliphatic rings. The first-order valence-electron chi connectivity index (χ1n) is 8.18. The number of aromatic nitrogens is 2. The van der Waals surface area contributed by atoms with Crippen LogP contribution in [0.3, 0.4) is 0 Å². The second kappa shape index (κ2) is 7.72. The first-order chi connectivity index (χ1) is 11.7. The van der Waals surface area contributed by atoms with Crippen molar-refractivity contribution in [1.29, 1.82) is 0 Å². The van der Waals surface area contributed by atoms with Gasteiger partial charge in [0.2, 0.25) is 5.91 Å². The summed E-state index contributed by atoms with van der Waals surface area (Å²) in [5.74, 6) is 1.67. The largest absolute Gasteiger partial charge is 0.395 e. The first kappa shape index (κ1) is 16.9. The van der Waals surface area contributed by atoms with Gasteiger partial charge in [0, 0.05) is 36.5 Å². The van der Waals surface area contributed by atoms with Gasteiger partial charge < -0.3 is 15.3 Å². The SMILES string of the molecule is Cc1nc2c(c(NCCO)n1)CCN(C(=O)Cc1cccs1)CC2. The quantitative estimate of drug-likeness (QED) is 0.856. The second-order valence-electron chi connectivity index (χ2n) is 5.83. The minimum atomic E-state index is 0.0588. The molecular formula is C17H22N4O2S. The van der Waals surface area contributed by atoms with Crippen LogP contribution >= 0.6 is 11.3 Å². The molecule has 1 aliphatic heterocycles. The predicted octanol–water partition coefficient (Wildman–Crippen LogP) is 1.42. The normalized spacial score (nSPS) is 14.2. The highest BCUT2D eigenvalue weighted by Crippen LogP contribution is 2.22. The van der Waals surface area contributed by atoms with E-state index in [-0.39, 0.29) is 12.5 Å². The van der Waals surface area contributed by atoms with Crippen molar-refractivity contribution >= 4 is 23.1 Å². The van der Waals surface area contributed by atoms with E-state index >= 15 is 0 Å². The van der Waals surface area contributed by atoms with E-state index in [1.807, 2.05) is 29.3 Å². The Morgan fingerprint density at radius 1 is 1.38 bits per heavy atom. The predicted molar refractivity (Wildman–Crippen MR) is 94.4 cm³/mol. The fraction of sp³-hybridized carbons (Fsp3) is 0.471. The molecule has 0 atom stereocenters. The van der Waals surface area contributed by atoms with Crippen molar-refractivity contribution in [3.05, 3.63) is 39.5 Å². The number of nitrogens with zero attached hydrogens (tertiary/aromatic N) is 3. The van der Waals surface area contributed by atoms with Gasteiger partial charge in [-0.05, 0) is 24.8 Å². The van der Waals surface area contributed by atoms with Crippen LogP contribution in [0.5, 0.6) is 0 Å². The van der Waals surface area contributed by atoms with Crippen molar-refractivity contribution < 1.29 is 9.90 Å². The highest BCUT2D eigenvalue weighted by molar-refractivity contribution is 7.10. The molecule has 0 fully saturated rings. The van der Waals surface area contributed by atoms with Gasteiger partial charge in [0.05, 0.1) is 18.7 Å². The summed E-state index contributed by atoms with van der Waals surface area (Å²) in [6, 6.07) is 3.98. The van der Waals surface area contributed by atoms with E-state index in [9.17, 15) is 4.79 Å².